The van der Waals surface area contributed by atoms with E-state index in [1.165, 1.54) is 18.2 Å². The number of fused-ring (bicyclic) bond motifs is 1. The van der Waals surface area contributed by atoms with Gasteiger partial charge in [0.15, 0.2) is 0 Å². The molecule has 2 heterocycles. The Kier molecular flexibility index (Phi) is 4.96. The Balaban J connectivity index is 2.04. The molecule has 3 aromatic rings. The van der Waals surface area contributed by atoms with E-state index in [1.54, 1.807) is 13.8 Å². The molecule has 3 rings (SSSR count). The summed E-state index contributed by atoms with van der Waals surface area (Å²) in [5.41, 5.74) is 1.18. The molecule has 0 saturated carbocycles. The van der Waals surface area contributed by atoms with E-state index in [9.17, 15) is 22.0 Å². The van der Waals surface area contributed by atoms with Gasteiger partial charge in [-0.05, 0) is 38.5 Å². The fourth-order valence-electron chi connectivity index (χ4n) is 2.78. The van der Waals surface area contributed by atoms with Gasteiger partial charge in [0.25, 0.3) is 5.91 Å². The first-order valence-electron chi connectivity index (χ1n) is 7.79. The SMILES string of the molecule is Cc1nc(C)c2c(C)c(C(=O)Nc3ccccc3S(=O)(=O)C(F)F)sc2n1. The number of halogens is 2. The summed E-state index contributed by atoms with van der Waals surface area (Å²) in [5.74, 6) is -3.60. The van der Waals surface area contributed by atoms with Crippen molar-refractivity contribution in [3.05, 3.63) is 46.2 Å². The van der Waals surface area contributed by atoms with Gasteiger partial charge in [0.1, 0.15) is 10.7 Å². The number of benzene rings is 1. The van der Waals surface area contributed by atoms with Gasteiger partial charge in [-0.15, -0.1) is 11.3 Å². The Morgan fingerprint density at radius 1 is 1.15 bits per heavy atom. The van der Waals surface area contributed by atoms with Crippen LogP contribution in [0.2, 0.25) is 0 Å². The highest BCUT2D eigenvalue weighted by molar-refractivity contribution is 7.91. The molecule has 2 aromatic heterocycles. The first-order valence-corrected chi connectivity index (χ1v) is 10.2. The van der Waals surface area contributed by atoms with E-state index in [-0.39, 0.29) is 5.69 Å². The quantitative estimate of drug-likeness (QED) is 0.704. The Morgan fingerprint density at radius 3 is 2.48 bits per heavy atom. The fourth-order valence-corrected chi connectivity index (χ4v) is 4.84. The number of nitrogens with one attached hydrogen (secondary N) is 1. The van der Waals surface area contributed by atoms with E-state index >= 15 is 0 Å². The predicted octanol–water partition coefficient (Wildman–Crippen LogP) is 3.87. The van der Waals surface area contributed by atoms with Gasteiger partial charge in [0, 0.05) is 11.1 Å². The number of amides is 1. The summed E-state index contributed by atoms with van der Waals surface area (Å²) in [6.45, 7) is 5.29. The molecule has 6 nitrogen and oxygen atoms in total. The molecule has 1 amide bonds. The first kappa shape index (κ1) is 19.3. The van der Waals surface area contributed by atoms with Gasteiger partial charge in [-0.3, -0.25) is 4.79 Å². The number of alkyl halides is 2. The van der Waals surface area contributed by atoms with E-state index in [0.717, 1.165) is 28.5 Å². The largest absolute Gasteiger partial charge is 0.341 e. The van der Waals surface area contributed by atoms with Crippen molar-refractivity contribution in [2.24, 2.45) is 0 Å². The maximum absolute atomic E-state index is 12.9. The van der Waals surface area contributed by atoms with Crippen molar-refractivity contribution in [1.29, 1.82) is 0 Å². The number of hydrogen-bond acceptors (Lipinski definition) is 6. The summed E-state index contributed by atoms with van der Waals surface area (Å²) in [5, 5.41) is 3.19. The van der Waals surface area contributed by atoms with Crippen molar-refractivity contribution in [2.45, 2.75) is 31.4 Å². The number of carbonyl (C=O) groups is 1. The molecule has 0 aliphatic heterocycles. The first-order chi connectivity index (χ1) is 12.6. The number of carbonyl (C=O) groups excluding carboxylic acids is 1. The van der Waals surface area contributed by atoms with Crippen LogP contribution in [0.3, 0.4) is 0 Å². The second-order valence-corrected chi connectivity index (χ2v) is 8.73. The third kappa shape index (κ3) is 3.42. The van der Waals surface area contributed by atoms with E-state index in [0.29, 0.717) is 21.1 Å². The number of hydrogen-bond donors (Lipinski definition) is 1. The van der Waals surface area contributed by atoms with Crippen LogP contribution in [0.25, 0.3) is 10.2 Å². The van der Waals surface area contributed by atoms with Crippen LogP contribution < -0.4 is 5.32 Å². The van der Waals surface area contributed by atoms with Crippen LogP contribution >= 0.6 is 11.3 Å². The second-order valence-electron chi connectivity index (χ2n) is 5.85. The number of para-hydroxylation sites is 1. The van der Waals surface area contributed by atoms with E-state index < -0.39 is 26.4 Å². The third-order valence-corrected chi connectivity index (χ3v) is 6.59. The number of nitrogens with zero attached hydrogens (tertiary/aromatic N) is 2. The lowest BCUT2D eigenvalue weighted by molar-refractivity contribution is 0.103. The second kappa shape index (κ2) is 6.93. The van der Waals surface area contributed by atoms with Crippen LogP contribution in [0, 0.1) is 20.8 Å². The van der Waals surface area contributed by atoms with Gasteiger partial charge in [0.05, 0.1) is 15.5 Å². The van der Waals surface area contributed by atoms with Crippen molar-refractivity contribution >= 4 is 43.0 Å². The zero-order valence-electron chi connectivity index (χ0n) is 14.6. The minimum Gasteiger partial charge on any atom is -0.320 e. The number of sulfone groups is 1. The summed E-state index contributed by atoms with van der Waals surface area (Å²) in [7, 11) is -4.85. The van der Waals surface area contributed by atoms with Gasteiger partial charge in [0.2, 0.25) is 9.84 Å². The van der Waals surface area contributed by atoms with E-state index in [4.69, 9.17) is 0 Å². The molecule has 0 spiro atoms. The normalized spacial score (nSPS) is 11.9. The number of aryl methyl sites for hydroxylation is 3. The summed E-state index contributed by atoms with van der Waals surface area (Å²) < 4.78 is 49.5. The lowest BCUT2D eigenvalue weighted by Gasteiger charge is -2.11. The molecule has 0 radical (unpaired) electrons. The third-order valence-electron chi connectivity index (χ3n) is 3.97. The number of rotatable bonds is 4. The summed E-state index contributed by atoms with van der Waals surface area (Å²) in [6, 6.07) is 5.08. The van der Waals surface area contributed by atoms with E-state index in [1.807, 2.05) is 6.92 Å². The predicted molar refractivity (Wildman–Crippen MR) is 99.2 cm³/mol. The molecule has 1 aromatic carbocycles. The number of anilines is 1. The monoisotopic (exact) mass is 411 g/mol. The zero-order valence-corrected chi connectivity index (χ0v) is 16.2. The Morgan fingerprint density at radius 2 is 1.81 bits per heavy atom. The van der Waals surface area contributed by atoms with Crippen LogP contribution in [-0.2, 0) is 9.84 Å². The molecule has 10 heteroatoms. The fraction of sp³-hybridized carbons (Fsp3) is 0.235. The molecule has 0 bridgehead atoms. The van der Waals surface area contributed by atoms with Gasteiger partial charge < -0.3 is 5.32 Å². The molecular formula is C17H15F2N3O3S2. The molecule has 0 fully saturated rings. The van der Waals surface area contributed by atoms with Crippen LogP contribution in [0.1, 0.15) is 26.8 Å². The maximum atomic E-state index is 12.9. The summed E-state index contributed by atoms with van der Waals surface area (Å²) >= 11 is 1.14. The van der Waals surface area contributed by atoms with Gasteiger partial charge in [-0.2, -0.15) is 8.78 Å². The molecule has 27 heavy (non-hydrogen) atoms. The average molecular weight is 411 g/mol. The molecule has 0 aliphatic rings. The van der Waals surface area contributed by atoms with E-state index in [2.05, 4.69) is 15.3 Å². The minimum atomic E-state index is -4.85. The van der Waals surface area contributed by atoms with Crippen molar-refractivity contribution in [2.75, 3.05) is 5.32 Å². The molecule has 0 unspecified atom stereocenters. The lowest BCUT2D eigenvalue weighted by atomic mass is 10.1. The van der Waals surface area contributed by atoms with Crippen molar-refractivity contribution in [3.63, 3.8) is 0 Å². The minimum absolute atomic E-state index is 0.196. The van der Waals surface area contributed by atoms with Gasteiger partial charge in [-0.1, -0.05) is 12.1 Å². The highest BCUT2D eigenvalue weighted by Gasteiger charge is 2.30. The molecule has 0 saturated heterocycles. The standard InChI is InChI=1S/C17H15F2N3O3S2/c1-8-13-9(2)20-10(3)21-16(13)26-14(8)15(23)22-11-6-4-5-7-12(11)27(24,25)17(18)19/h4-7,17H,1-3H3,(H,22,23). The van der Waals surface area contributed by atoms with Gasteiger partial charge >= 0.3 is 5.76 Å². The zero-order chi connectivity index (χ0) is 19.9. The van der Waals surface area contributed by atoms with Crippen molar-refractivity contribution in [1.82, 2.24) is 9.97 Å². The highest BCUT2D eigenvalue weighted by atomic mass is 32.2. The van der Waals surface area contributed by atoms with Crippen LogP contribution in [-0.4, -0.2) is 30.1 Å². The highest BCUT2D eigenvalue weighted by Crippen LogP contribution is 2.33. The van der Waals surface area contributed by atoms with Crippen LogP contribution in [0.4, 0.5) is 14.5 Å². The Labute approximate surface area is 158 Å². The van der Waals surface area contributed by atoms with Crippen molar-refractivity contribution in [3.8, 4) is 0 Å². The Hall–Kier alpha value is -2.46. The summed E-state index contributed by atoms with van der Waals surface area (Å²) in [6.07, 6.45) is 0. The topological polar surface area (TPSA) is 89.0 Å². The molecule has 0 atom stereocenters. The van der Waals surface area contributed by atoms with Crippen molar-refractivity contribution < 1.29 is 22.0 Å². The molecule has 0 aliphatic carbocycles. The molecular weight excluding hydrogens is 396 g/mol. The summed E-state index contributed by atoms with van der Waals surface area (Å²) in [4.78, 5) is 21.7. The smallest absolute Gasteiger partial charge is 0.320 e. The maximum Gasteiger partial charge on any atom is 0.341 e. The van der Waals surface area contributed by atoms with Crippen LogP contribution in [0.5, 0.6) is 0 Å². The number of thiophene rings is 1. The van der Waals surface area contributed by atoms with Gasteiger partial charge in [-0.25, -0.2) is 18.4 Å². The Bertz CT molecular complexity index is 1160. The lowest BCUT2D eigenvalue weighted by Crippen LogP contribution is -2.17. The average Bonchev–Trinajstić information content (AvgIpc) is 2.91. The molecule has 142 valence electrons. The van der Waals surface area contributed by atoms with Crippen LogP contribution in [0.15, 0.2) is 29.2 Å². The number of aromatic nitrogens is 2. The molecule has 1 N–H and O–H groups in total.